The van der Waals surface area contributed by atoms with E-state index in [4.69, 9.17) is 4.74 Å². The maximum atomic E-state index is 10.1. The zero-order chi connectivity index (χ0) is 14.5. The Morgan fingerprint density at radius 1 is 1.30 bits per heavy atom. The maximum Gasteiger partial charge on any atom is 0.137 e. The summed E-state index contributed by atoms with van der Waals surface area (Å²) in [6.45, 7) is 9.97. The van der Waals surface area contributed by atoms with Crippen molar-refractivity contribution in [2.45, 2.75) is 39.7 Å². The number of rotatable bonds is 5. The van der Waals surface area contributed by atoms with Gasteiger partial charge in [0.05, 0.1) is 13.1 Å². The molecule has 1 atom stereocenters. The third-order valence-corrected chi connectivity index (χ3v) is 4.28. The summed E-state index contributed by atoms with van der Waals surface area (Å²) in [4.78, 5) is 1.51. The van der Waals surface area contributed by atoms with E-state index in [1.54, 1.807) is 0 Å². The van der Waals surface area contributed by atoms with Gasteiger partial charge in [-0.1, -0.05) is 19.1 Å². The zero-order valence-corrected chi connectivity index (χ0v) is 13.0. The van der Waals surface area contributed by atoms with Crippen LogP contribution in [0.1, 0.15) is 30.9 Å². The number of ether oxygens (including phenoxy) is 1. The summed E-state index contributed by atoms with van der Waals surface area (Å²) in [5.41, 5.74) is 2.32. The highest BCUT2D eigenvalue weighted by Gasteiger charge is 2.21. The number of nitrogens with one attached hydrogen (secondary N) is 1. The Balaban J connectivity index is 1.77. The molecule has 1 aliphatic heterocycles. The van der Waals surface area contributed by atoms with Gasteiger partial charge in [0.2, 0.25) is 0 Å². The largest absolute Gasteiger partial charge is 0.490 e. The first-order valence-corrected chi connectivity index (χ1v) is 7.76. The van der Waals surface area contributed by atoms with Crippen LogP contribution in [0, 0.1) is 19.8 Å². The fourth-order valence-corrected chi connectivity index (χ4v) is 2.82. The van der Waals surface area contributed by atoms with Gasteiger partial charge in [-0.3, -0.25) is 0 Å². The van der Waals surface area contributed by atoms with Crippen molar-refractivity contribution in [3.8, 4) is 5.75 Å². The molecular formula is C17H28NO2+. The maximum absolute atomic E-state index is 10.1. The van der Waals surface area contributed by atoms with E-state index in [-0.39, 0.29) is 6.10 Å². The highest BCUT2D eigenvalue weighted by molar-refractivity contribution is 5.35. The summed E-state index contributed by atoms with van der Waals surface area (Å²) in [7, 11) is 0. The summed E-state index contributed by atoms with van der Waals surface area (Å²) in [5, 5.41) is 10.1. The number of hydrogen-bond acceptors (Lipinski definition) is 2. The van der Waals surface area contributed by atoms with Gasteiger partial charge in [-0.2, -0.15) is 0 Å². The van der Waals surface area contributed by atoms with Crippen molar-refractivity contribution in [1.29, 1.82) is 0 Å². The van der Waals surface area contributed by atoms with Crippen molar-refractivity contribution in [2.24, 2.45) is 5.92 Å². The highest BCUT2D eigenvalue weighted by atomic mass is 16.5. The summed E-state index contributed by atoms with van der Waals surface area (Å²) in [5.74, 6) is 1.74. The van der Waals surface area contributed by atoms with Crippen LogP contribution in [0.4, 0.5) is 0 Å². The predicted molar refractivity (Wildman–Crippen MR) is 81.4 cm³/mol. The predicted octanol–water partition coefficient (Wildman–Crippen LogP) is 1.36. The minimum Gasteiger partial charge on any atom is -0.490 e. The molecule has 1 fully saturated rings. The third kappa shape index (κ3) is 4.50. The van der Waals surface area contributed by atoms with E-state index in [0.717, 1.165) is 23.8 Å². The van der Waals surface area contributed by atoms with Gasteiger partial charge in [-0.05, 0) is 49.8 Å². The van der Waals surface area contributed by atoms with Crippen LogP contribution in [-0.2, 0) is 0 Å². The molecule has 0 amide bonds. The average Bonchev–Trinajstić information content (AvgIpc) is 2.42. The minimum absolute atomic E-state index is 0.377. The molecule has 1 heterocycles. The van der Waals surface area contributed by atoms with Crippen molar-refractivity contribution in [3.63, 3.8) is 0 Å². The molecule has 2 rings (SSSR count). The van der Waals surface area contributed by atoms with E-state index in [0.29, 0.717) is 6.61 Å². The van der Waals surface area contributed by atoms with Crippen molar-refractivity contribution in [3.05, 3.63) is 29.3 Å². The van der Waals surface area contributed by atoms with Crippen molar-refractivity contribution >= 4 is 0 Å². The van der Waals surface area contributed by atoms with Crippen LogP contribution in [0.15, 0.2) is 18.2 Å². The second-order valence-electron chi connectivity index (χ2n) is 6.37. The molecule has 0 radical (unpaired) electrons. The first-order valence-electron chi connectivity index (χ1n) is 7.76. The van der Waals surface area contributed by atoms with Crippen LogP contribution >= 0.6 is 0 Å². The van der Waals surface area contributed by atoms with Gasteiger partial charge in [0.25, 0.3) is 0 Å². The second-order valence-corrected chi connectivity index (χ2v) is 6.37. The normalized spacial score (nSPS) is 24.4. The summed E-state index contributed by atoms with van der Waals surface area (Å²) in [6.07, 6.45) is 2.18. The lowest BCUT2D eigenvalue weighted by Gasteiger charge is -2.28. The Morgan fingerprint density at radius 3 is 2.70 bits per heavy atom. The van der Waals surface area contributed by atoms with Gasteiger partial charge >= 0.3 is 0 Å². The lowest BCUT2D eigenvalue weighted by molar-refractivity contribution is -0.909. The number of aryl methyl sites for hydroxylation is 2. The minimum atomic E-state index is -0.377. The topological polar surface area (TPSA) is 33.9 Å². The number of aliphatic hydroxyl groups is 1. The fourth-order valence-electron chi connectivity index (χ4n) is 2.82. The van der Waals surface area contributed by atoms with Crippen LogP contribution in [0.2, 0.25) is 0 Å². The number of piperidine rings is 1. The van der Waals surface area contributed by atoms with E-state index >= 15 is 0 Å². The lowest BCUT2D eigenvalue weighted by atomic mass is 9.99. The van der Waals surface area contributed by atoms with Crippen LogP contribution in [0.3, 0.4) is 0 Å². The molecule has 112 valence electrons. The van der Waals surface area contributed by atoms with Crippen LogP contribution in [-0.4, -0.2) is 37.5 Å². The molecule has 0 aliphatic carbocycles. The highest BCUT2D eigenvalue weighted by Crippen LogP contribution is 2.19. The Kier molecular flexibility index (Phi) is 5.44. The van der Waals surface area contributed by atoms with Crippen LogP contribution < -0.4 is 9.64 Å². The smallest absolute Gasteiger partial charge is 0.137 e. The van der Waals surface area contributed by atoms with E-state index in [2.05, 4.69) is 26.0 Å². The molecular weight excluding hydrogens is 250 g/mol. The van der Waals surface area contributed by atoms with Crippen LogP contribution in [0.25, 0.3) is 0 Å². The van der Waals surface area contributed by atoms with Crippen molar-refractivity contribution < 1.29 is 14.7 Å². The Hall–Kier alpha value is -1.06. The molecule has 1 saturated heterocycles. The molecule has 20 heavy (non-hydrogen) atoms. The summed E-state index contributed by atoms with van der Waals surface area (Å²) >= 11 is 0. The molecule has 0 bridgehead atoms. The number of aliphatic hydroxyl groups excluding tert-OH is 1. The van der Waals surface area contributed by atoms with Crippen molar-refractivity contribution in [2.75, 3.05) is 26.2 Å². The molecule has 1 aromatic rings. The lowest BCUT2D eigenvalue weighted by Crippen LogP contribution is -3.14. The monoisotopic (exact) mass is 278 g/mol. The van der Waals surface area contributed by atoms with Crippen molar-refractivity contribution in [1.82, 2.24) is 0 Å². The second kappa shape index (κ2) is 7.09. The van der Waals surface area contributed by atoms with E-state index in [1.807, 2.05) is 13.0 Å². The molecule has 0 saturated carbocycles. The fraction of sp³-hybridized carbons (Fsp3) is 0.647. The zero-order valence-electron chi connectivity index (χ0n) is 13.0. The van der Waals surface area contributed by atoms with Gasteiger partial charge in [-0.15, -0.1) is 0 Å². The number of quaternary nitrogens is 1. The number of benzene rings is 1. The third-order valence-electron chi connectivity index (χ3n) is 4.28. The van der Waals surface area contributed by atoms with Crippen LogP contribution in [0.5, 0.6) is 5.75 Å². The molecule has 2 N–H and O–H groups in total. The van der Waals surface area contributed by atoms with Gasteiger partial charge in [0, 0.05) is 0 Å². The molecule has 3 nitrogen and oxygen atoms in total. The summed E-state index contributed by atoms with van der Waals surface area (Å²) < 4.78 is 5.78. The molecule has 1 aliphatic rings. The Bertz CT molecular complexity index is 425. The van der Waals surface area contributed by atoms with Gasteiger partial charge < -0.3 is 14.7 Å². The average molecular weight is 278 g/mol. The quantitative estimate of drug-likeness (QED) is 0.853. The van der Waals surface area contributed by atoms with E-state index in [1.165, 1.54) is 36.4 Å². The molecule has 0 aromatic heterocycles. The molecule has 3 heteroatoms. The first kappa shape index (κ1) is 15.3. The van der Waals surface area contributed by atoms with E-state index in [9.17, 15) is 5.11 Å². The first-order chi connectivity index (χ1) is 9.54. The van der Waals surface area contributed by atoms with Gasteiger partial charge in [0.1, 0.15) is 25.0 Å². The molecule has 0 spiro atoms. The van der Waals surface area contributed by atoms with Gasteiger partial charge in [0.15, 0.2) is 0 Å². The van der Waals surface area contributed by atoms with Gasteiger partial charge in [-0.25, -0.2) is 0 Å². The Labute approximate surface area is 122 Å². The molecule has 1 aromatic carbocycles. The summed E-state index contributed by atoms with van der Waals surface area (Å²) in [6, 6.07) is 6.18. The Morgan fingerprint density at radius 2 is 2.00 bits per heavy atom. The number of hydrogen-bond donors (Lipinski definition) is 2. The standard InChI is InChI=1S/C17H27NO2/c1-13-6-8-18(9-7-13)11-16(19)12-20-17-10-14(2)4-5-15(17)3/h4-5,10,13,16,19H,6-9,11-12H2,1-3H3/p+1/t16-/m1/s1. The molecule has 0 unspecified atom stereocenters. The van der Waals surface area contributed by atoms with E-state index < -0.39 is 0 Å². The SMILES string of the molecule is Cc1ccc(C)c(OC[C@H](O)C[NH+]2CCC(C)CC2)c1. The number of likely N-dealkylation sites (tertiary alicyclic amines) is 1.